The van der Waals surface area contributed by atoms with Gasteiger partial charge in [-0.2, -0.15) is 4.98 Å². The highest BCUT2D eigenvalue weighted by molar-refractivity contribution is 9.10. The van der Waals surface area contributed by atoms with Gasteiger partial charge in [0.15, 0.2) is 0 Å². The molecule has 20 heteroatoms. The lowest BCUT2D eigenvalue weighted by Gasteiger charge is -2.47. The maximum absolute atomic E-state index is 15.2. The van der Waals surface area contributed by atoms with Crippen molar-refractivity contribution in [2.24, 2.45) is 13.0 Å². The summed E-state index contributed by atoms with van der Waals surface area (Å²) in [5.74, 6) is 0.708. The van der Waals surface area contributed by atoms with Gasteiger partial charge in [0.25, 0.3) is 0 Å². The van der Waals surface area contributed by atoms with Crippen molar-refractivity contribution in [1.82, 2.24) is 39.2 Å². The summed E-state index contributed by atoms with van der Waals surface area (Å²) in [5.41, 5.74) is 6.92. The first-order chi connectivity index (χ1) is 35.1. The number of piperazine rings is 1. The van der Waals surface area contributed by atoms with Gasteiger partial charge >= 0.3 is 5.69 Å². The predicted molar refractivity (Wildman–Crippen MR) is 291 cm³/mol. The molecule has 3 aromatic heterocycles. The summed E-state index contributed by atoms with van der Waals surface area (Å²) in [7, 11) is -1.09. The third-order valence-electron chi connectivity index (χ3n) is 15.1. The molecule has 0 saturated carbocycles. The summed E-state index contributed by atoms with van der Waals surface area (Å²) < 4.78 is 38.8. The molecule has 73 heavy (non-hydrogen) atoms. The number of carbonyl (C=O) groups excluding carboxylic acids is 2. The van der Waals surface area contributed by atoms with Crippen LogP contribution in [0.2, 0.25) is 0 Å². The molecule has 17 nitrogen and oxygen atoms in total. The van der Waals surface area contributed by atoms with Crippen molar-refractivity contribution < 1.29 is 23.3 Å². The van der Waals surface area contributed by atoms with Crippen LogP contribution in [0.25, 0.3) is 21.9 Å². The molecule has 4 fully saturated rings. The van der Waals surface area contributed by atoms with E-state index in [-0.39, 0.29) is 18.7 Å². The highest BCUT2D eigenvalue weighted by Crippen LogP contribution is 2.43. The second-order valence-electron chi connectivity index (χ2n) is 20.2. The van der Waals surface area contributed by atoms with E-state index in [0.717, 1.165) is 118 Å². The minimum absolute atomic E-state index is 0.126. The highest BCUT2D eigenvalue weighted by atomic mass is 79.9. The van der Waals surface area contributed by atoms with E-state index in [1.807, 2.05) is 31.2 Å². The van der Waals surface area contributed by atoms with Crippen molar-refractivity contribution in [1.29, 1.82) is 0 Å². The molecule has 386 valence electrons. The van der Waals surface area contributed by atoms with Crippen molar-refractivity contribution in [3.63, 3.8) is 0 Å². The zero-order valence-corrected chi connectivity index (χ0v) is 45.0. The molecule has 4 aliphatic heterocycles. The number of carbonyl (C=O) groups is 2. The Morgan fingerprint density at radius 1 is 0.863 bits per heavy atom. The number of fused-ring (bicyclic) bond motifs is 2. The Morgan fingerprint density at radius 2 is 1.63 bits per heavy atom. The molecule has 0 aliphatic carbocycles. The van der Waals surface area contributed by atoms with Crippen LogP contribution < -0.4 is 41.5 Å². The molecule has 0 bridgehead atoms. The van der Waals surface area contributed by atoms with E-state index in [1.54, 1.807) is 26.6 Å². The maximum Gasteiger partial charge on any atom is 0.329 e. The number of halogens is 2. The molecule has 7 heterocycles. The van der Waals surface area contributed by atoms with Gasteiger partial charge in [-0.1, -0.05) is 19.9 Å². The van der Waals surface area contributed by atoms with Crippen LogP contribution in [-0.2, 0) is 34.0 Å². The number of rotatable bonds is 15. The summed E-state index contributed by atoms with van der Waals surface area (Å²) in [6.07, 6.45) is 5.83. The van der Waals surface area contributed by atoms with Crippen molar-refractivity contribution in [3.8, 4) is 5.75 Å². The number of nitrogens with one attached hydrogen (secondary N) is 3. The molecular weight excluding hydrogens is 1010 g/mol. The number of imide groups is 1. The lowest BCUT2D eigenvalue weighted by molar-refractivity contribution is -0.135. The molecule has 4 aliphatic rings. The van der Waals surface area contributed by atoms with E-state index >= 15 is 4.39 Å². The zero-order chi connectivity index (χ0) is 51.3. The van der Waals surface area contributed by atoms with Gasteiger partial charge in [-0.15, -0.1) is 0 Å². The number of benzene rings is 3. The fourth-order valence-electron chi connectivity index (χ4n) is 11.4. The van der Waals surface area contributed by atoms with Crippen LogP contribution in [0.1, 0.15) is 63.8 Å². The average Bonchev–Trinajstić information content (AvgIpc) is 3.61. The molecule has 4 saturated heterocycles. The normalized spacial score (nSPS) is 18.7. The summed E-state index contributed by atoms with van der Waals surface area (Å²) in [6, 6.07) is 14.7. The number of hydrogen-bond acceptors (Lipinski definition) is 14. The molecule has 3 N–H and O–H groups in total. The van der Waals surface area contributed by atoms with E-state index in [1.165, 1.54) is 32.5 Å². The van der Waals surface area contributed by atoms with E-state index in [4.69, 9.17) is 14.7 Å². The molecule has 0 spiro atoms. The summed E-state index contributed by atoms with van der Waals surface area (Å²) >= 11 is 3.64. The van der Waals surface area contributed by atoms with Gasteiger partial charge < -0.3 is 34.6 Å². The molecule has 3 aromatic carbocycles. The SMILES string of the molecule is CCOc1cc(N2CCC(N3CCN(CC4CN(c5cc(F)cc6c5n(C)c(=O)n6C5CCC(=O)NC5=O)C4)CC3)CC2)c(CC)cc1Nc1ncc(Br)c(Nc2ccc3nc(CC)ccc3c2P(C)(C)=O)n1. The average molecular weight is 1080 g/mol. The number of anilines is 6. The van der Waals surface area contributed by atoms with Gasteiger partial charge in [-0.3, -0.25) is 33.9 Å². The third-order valence-corrected chi connectivity index (χ3v) is 17.2. The lowest BCUT2D eigenvalue weighted by atomic mass is 9.97. The molecular formula is C53H65BrFN12O5P. The second kappa shape index (κ2) is 20.8. The standard InChI is InChI=1S/C53H65BrFN12O5P/c1-7-33-24-41(59-52-56-28-38(54)50(61-52)58-40-13-12-39-37(49(40)73(5,6)71)11-10-35(8-2)57-39)46(72-9-3)27-43(33)65-18-16-36(17-19-65)64-22-20-63(21-23-64)29-32-30-66(31-32)44-25-34(55)26-45-48(44)62(4)53(70)67(45)42-14-15-47(68)60-51(42)69/h10-13,24-28,32,36,42H,7-9,14-23,29-31H2,1-6H3,(H,60,68,69)(H2,56,58,59,61). The first kappa shape index (κ1) is 50.6. The van der Waals surface area contributed by atoms with E-state index < -0.39 is 30.6 Å². The Morgan fingerprint density at radius 3 is 2.33 bits per heavy atom. The van der Waals surface area contributed by atoms with Crippen LogP contribution in [0.5, 0.6) is 5.75 Å². The quantitative estimate of drug-likeness (QED) is 0.0680. The van der Waals surface area contributed by atoms with Crippen LogP contribution in [-0.4, -0.2) is 131 Å². The Labute approximate surface area is 433 Å². The topological polar surface area (TPSA) is 175 Å². The Hall–Kier alpha value is -5.88. The van der Waals surface area contributed by atoms with Gasteiger partial charge in [0.2, 0.25) is 17.8 Å². The van der Waals surface area contributed by atoms with Crippen LogP contribution in [0, 0.1) is 11.7 Å². The molecule has 2 amide bonds. The molecule has 1 unspecified atom stereocenters. The first-order valence-corrected chi connectivity index (χ1v) is 29.0. The predicted octanol–water partition coefficient (Wildman–Crippen LogP) is 7.54. The number of pyridine rings is 1. The fraction of sp³-hybridized carbons (Fsp3) is 0.472. The number of nitrogens with zero attached hydrogens (tertiary/aromatic N) is 9. The van der Waals surface area contributed by atoms with Crippen molar-refractivity contribution in [3.05, 3.63) is 86.8 Å². The third kappa shape index (κ3) is 10.2. The number of hydrogen-bond donors (Lipinski definition) is 3. The maximum atomic E-state index is 15.2. The first-order valence-electron chi connectivity index (χ1n) is 25.7. The summed E-state index contributed by atoms with van der Waals surface area (Å²) in [4.78, 5) is 62.2. The minimum Gasteiger partial charge on any atom is -0.492 e. The molecule has 6 aromatic rings. The smallest absolute Gasteiger partial charge is 0.329 e. The number of aryl methyl sites for hydroxylation is 3. The van der Waals surface area contributed by atoms with Crippen LogP contribution >= 0.6 is 23.1 Å². The molecule has 0 radical (unpaired) electrons. The van der Waals surface area contributed by atoms with Crippen molar-refractivity contribution in [2.45, 2.75) is 71.4 Å². The highest BCUT2D eigenvalue weighted by Gasteiger charge is 2.36. The van der Waals surface area contributed by atoms with Crippen LogP contribution in [0.4, 0.5) is 38.9 Å². The van der Waals surface area contributed by atoms with Crippen molar-refractivity contribution >= 4 is 96.6 Å². The van der Waals surface area contributed by atoms with E-state index in [2.05, 4.69) is 82.4 Å². The molecule has 10 rings (SSSR count). The van der Waals surface area contributed by atoms with Crippen molar-refractivity contribution in [2.75, 3.05) is 99.3 Å². The monoisotopic (exact) mass is 1080 g/mol. The lowest BCUT2D eigenvalue weighted by Crippen LogP contribution is -2.57. The Balaban J connectivity index is 0.750. The van der Waals surface area contributed by atoms with Gasteiger partial charge in [-0.05, 0) is 110 Å². The Kier molecular flexibility index (Phi) is 14.4. The largest absolute Gasteiger partial charge is 0.492 e. The van der Waals surface area contributed by atoms with Gasteiger partial charge in [0, 0.05) is 119 Å². The number of imidazole rings is 1. The van der Waals surface area contributed by atoms with Crippen LogP contribution in [0.15, 0.2) is 64.0 Å². The van der Waals surface area contributed by atoms with Gasteiger partial charge in [0.05, 0.1) is 44.7 Å². The number of amides is 2. The number of aromatic nitrogens is 5. The fourth-order valence-corrected chi connectivity index (χ4v) is 13.2. The second-order valence-corrected chi connectivity index (χ2v) is 24.2. The van der Waals surface area contributed by atoms with Crippen LogP contribution in [0.3, 0.4) is 0 Å². The molecule has 1 atom stereocenters. The number of piperidine rings is 2. The summed E-state index contributed by atoms with van der Waals surface area (Å²) in [6.45, 7) is 18.7. The zero-order valence-electron chi connectivity index (χ0n) is 42.5. The van der Waals surface area contributed by atoms with E-state index in [0.29, 0.717) is 57.2 Å². The summed E-state index contributed by atoms with van der Waals surface area (Å²) in [5, 5.41) is 10.8. The minimum atomic E-state index is -2.75. The number of ether oxygens (including phenoxy) is 1. The van der Waals surface area contributed by atoms with Gasteiger partial charge in [0.1, 0.15) is 30.6 Å². The van der Waals surface area contributed by atoms with Gasteiger partial charge in [-0.25, -0.2) is 14.2 Å². The van der Waals surface area contributed by atoms with E-state index in [9.17, 15) is 18.9 Å². The Bertz CT molecular complexity index is 3210.